The van der Waals surface area contributed by atoms with E-state index in [1.807, 2.05) is 18.2 Å². The molecule has 2 nitrogen and oxygen atoms in total. The van der Waals surface area contributed by atoms with Crippen LogP contribution in [0.2, 0.25) is 0 Å². The molecule has 2 heteroatoms. The lowest BCUT2D eigenvalue weighted by Gasteiger charge is -2.10. The van der Waals surface area contributed by atoms with Crippen molar-refractivity contribution in [1.29, 1.82) is 0 Å². The zero-order valence-corrected chi connectivity index (χ0v) is 15.6. The van der Waals surface area contributed by atoms with Gasteiger partial charge in [-0.25, -0.2) is 4.79 Å². The molecule has 0 amide bonds. The maximum absolute atomic E-state index is 11.0. The summed E-state index contributed by atoms with van der Waals surface area (Å²) in [5.41, 5.74) is 5.99. The van der Waals surface area contributed by atoms with Crippen molar-refractivity contribution in [3.05, 3.63) is 108 Å². The molecule has 0 aliphatic rings. The van der Waals surface area contributed by atoms with Crippen LogP contribution in [0, 0.1) is 0 Å². The quantitative estimate of drug-likeness (QED) is 0.406. The van der Waals surface area contributed by atoms with Crippen LogP contribution in [-0.4, -0.2) is 11.1 Å². The molecule has 0 aliphatic carbocycles. The summed E-state index contributed by atoms with van der Waals surface area (Å²) in [6, 6.07) is 30.3. The van der Waals surface area contributed by atoms with Crippen molar-refractivity contribution >= 4 is 28.4 Å². The Morgan fingerprint density at radius 3 is 2.21 bits per heavy atom. The molecule has 0 spiro atoms. The summed E-state index contributed by atoms with van der Waals surface area (Å²) >= 11 is 0. The molecular formula is C26H20O2. The molecule has 0 saturated carbocycles. The number of allylic oxidation sites excluding steroid dienone is 1. The van der Waals surface area contributed by atoms with E-state index in [0.29, 0.717) is 5.56 Å². The smallest absolute Gasteiger partial charge is 0.335 e. The Labute approximate surface area is 164 Å². The third-order valence-electron chi connectivity index (χ3n) is 4.96. The first-order valence-corrected chi connectivity index (χ1v) is 9.22. The number of benzene rings is 4. The van der Waals surface area contributed by atoms with Gasteiger partial charge in [0.2, 0.25) is 0 Å². The summed E-state index contributed by atoms with van der Waals surface area (Å²) in [5, 5.41) is 11.5. The van der Waals surface area contributed by atoms with Gasteiger partial charge in [-0.2, -0.15) is 0 Å². The van der Waals surface area contributed by atoms with Crippen LogP contribution < -0.4 is 0 Å². The van der Waals surface area contributed by atoms with Gasteiger partial charge < -0.3 is 5.11 Å². The number of hydrogen-bond acceptors (Lipinski definition) is 1. The van der Waals surface area contributed by atoms with Crippen LogP contribution >= 0.6 is 0 Å². The molecule has 0 fully saturated rings. The minimum Gasteiger partial charge on any atom is -0.478 e. The molecule has 0 heterocycles. The van der Waals surface area contributed by atoms with Crippen LogP contribution in [0.15, 0.2) is 91.0 Å². The van der Waals surface area contributed by atoms with Crippen LogP contribution in [0.1, 0.15) is 28.4 Å². The van der Waals surface area contributed by atoms with Crippen molar-refractivity contribution in [2.75, 3.05) is 0 Å². The van der Waals surface area contributed by atoms with Crippen LogP contribution in [0.4, 0.5) is 0 Å². The molecule has 4 aromatic carbocycles. The number of aromatic carboxylic acids is 1. The van der Waals surface area contributed by atoms with E-state index < -0.39 is 5.97 Å². The molecule has 0 atom stereocenters. The van der Waals surface area contributed by atoms with E-state index in [0.717, 1.165) is 16.7 Å². The van der Waals surface area contributed by atoms with Gasteiger partial charge in [-0.15, -0.1) is 0 Å². The third kappa shape index (κ3) is 3.58. The van der Waals surface area contributed by atoms with Crippen molar-refractivity contribution in [1.82, 2.24) is 0 Å². The highest BCUT2D eigenvalue weighted by Crippen LogP contribution is 2.31. The predicted molar refractivity (Wildman–Crippen MR) is 116 cm³/mol. The first-order valence-electron chi connectivity index (χ1n) is 9.22. The number of carboxylic acid groups (broad SMARTS) is 1. The van der Waals surface area contributed by atoms with Gasteiger partial charge in [0.1, 0.15) is 0 Å². The van der Waals surface area contributed by atoms with Gasteiger partial charge in [-0.05, 0) is 63.7 Å². The fraction of sp³-hybridized carbons (Fsp3) is 0.0385. The van der Waals surface area contributed by atoms with Crippen LogP contribution in [0.25, 0.3) is 33.5 Å². The SMILES string of the molecule is CC(=Cc1ccc(C(=O)O)cc1)c1ccc2cccc(-c3ccccc3)c2c1. The summed E-state index contributed by atoms with van der Waals surface area (Å²) in [5.74, 6) is -0.907. The van der Waals surface area contributed by atoms with Crippen molar-refractivity contribution in [3.63, 3.8) is 0 Å². The Hall–Kier alpha value is -3.65. The first-order chi connectivity index (χ1) is 13.6. The van der Waals surface area contributed by atoms with E-state index in [2.05, 4.69) is 73.7 Å². The lowest BCUT2D eigenvalue weighted by Crippen LogP contribution is -1.94. The number of carboxylic acids is 1. The highest BCUT2D eigenvalue weighted by Gasteiger charge is 2.06. The minimum absolute atomic E-state index is 0.299. The van der Waals surface area contributed by atoms with Gasteiger partial charge in [-0.1, -0.05) is 78.9 Å². The first kappa shape index (κ1) is 17.7. The van der Waals surface area contributed by atoms with Crippen LogP contribution in [0.5, 0.6) is 0 Å². The lowest BCUT2D eigenvalue weighted by atomic mass is 9.94. The third-order valence-corrected chi connectivity index (χ3v) is 4.96. The van der Waals surface area contributed by atoms with Gasteiger partial charge in [0.15, 0.2) is 0 Å². The largest absolute Gasteiger partial charge is 0.478 e. The maximum atomic E-state index is 11.0. The highest BCUT2D eigenvalue weighted by molar-refractivity contribution is 5.99. The molecule has 0 aromatic heterocycles. The second-order valence-electron chi connectivity index (χ2n) is 6.86. The molecule has 136 valence electrons. The molecule has 0 aliphatic heterocycles. The predicted octanol–water partition coefficient (Wildman–Crippen LogP) is 6.77. The van der Waals surface area contributed by atoms with E-state index in [9.17, 15) is 4.79 Å². The fourth-order valence-electron chi connectivity index (χ4n) is 3.44. The van der Waals surface area contributed by atoms with E-state index in [1.54, 1.807) is 12.1 Å². The van der Waals surface area contributed by atoms with Crippen molar-refractivity contribution < 1.29 is 9.90 Å². The molecule has 28 heavy (non-hydrogen) atoms. The minimum atomic E-state index is -0.907. The topological polar surface area (TPSA) is 37.3 Å². The summed E-state index contributed by atoms with van der Waals surface area (Å²) in [7, 11) is 0. The number of fused-ring (bicyclic) bond motifs is 1. The summed E-state index contributed by atoms with van der Waals surface area (Å²) in [4.78, 5) is 11.0. The number of carbonyl (C=O) groups is 1. The average molecular weight is 364 g/mol. The molecule has 0 saturated heterocycles. The van der Waals surface area contributed by atoms with E-state index in [1.165, 1.54) is 21.9 Å². The number of hydrogen-bond donors (Lipinski definition) is 1. The Kier molecular flexibility index (Phi) is 4.77. The van der Waals surface area contributed by atoms with Crippen molar-refractivity contribution in [3.8, 4) is 11.1 Å². The second kappa shape index (κ2) is 7.53. The van der Waals surface area contributed by atoms with Gasteiger partial charge in [-0.3, -0.25) is 0 Å². The molecule has 0 unspecified atom stereocenters. The average Bonchev–Trinajstić information content (AvgIpc) is 2.74. The van der Waals surface area contributed by atoms with Gasteiger partial charge >= 0.3 is 5.97 Å². The fourth-order valence-corrected chi connectivity index (χ4v) is 3.44. The Bertz CT molecular complexity index is 1170. The zero-order chi connectivity index (χ0) is 19.5. The molecular weight excluding hydrogens is 344 g/mol. The molecule has 1 N–H and O–H groups in total. The Morgan fingerprint density at radius 2 is 1.50 bits per heavy atom. The molecule has 4 aromatic rings. The summed E-state index contributed by atoms with van der Waals surface area (Å²) in [6.45, 7) is 2.08. The monoisotopic (exact) mass is 364 g/mol. The van der Waals surface area contributed by atoms with Crippen LogP contribution in [-0.2, 0) is 0 Å². The van der Waals surface area contributed by atoms with Crippen LogP contribution in [0.3, 0.4) is 0 Å². The highest BCUT2D eigenvalue weighted by atomic mass is 16.4. The second-order valence-corrected chi connectivity index (χ2v) is 6.86. The zero-order valence-electron chi connectivity index (χ0n) is 15.6. The number of rotatable bonds is 4. The maximum Gasteiger partial charge on any atom is 0.335 e. The normalized spacial score (nSPS) is 11.5. The molecule has 0 radical (unpaired) electrons. The standard InChI is InChI=1S/C26H20O2/c1-18(16-19-10-12-22(13-11-19)26(27)28)23-15-14-21-8-5-9-24(25(21)17-23)20-6-3-2-4-7-20/h2-17H,1H3,(H,27,28). The summed E-state index contributed by atoms with van der Waals surface area (Å²) < 4.78 is 0. The molecule has 0 bridgehead atoms. The van der Waals surface area contributed by atoms with Crippen molar-refractivity contribution in [2.45, 2.75) is 6.92 Å². The Balaban J connectivity index is 1.75. The lowest BCUT2D eigenvalue weighted by molar-refractivity contribution is 0.0697. The van der Waals surface area contributed by atoms with Crippen molar-refractivity contribution in [2.24, 2.45) is 0 Å². The summed E-state index contributed by atoms with van der Waals surface area (Å²) in [6.07, 6.45) is 2.08. The van der Waals surface area contributed by atoms with E-state index in [4.69, 9.17) is 5.11 Å². The van der Waals surface area contributed by atoms with E-state index >= 15 is 0 Å². The van der Waals surface area contributed by atoms with Gasteiger partial charge in [0, 0.05) is 0 Å². The molecule has 4 rings (SSSR count). The Morgan fingerprint density at radius 1 is 0.786 bits per heavy atom. The van der Waals surface area contributed by atoms with E-state index in [-0.39, 0.29) is 0 Å². The van der Waals surface area contributed by atoms with Gasteiger partial charge in [0.05, 0.1) is 5.56 Å². The van der Waals surface area contributed by atoms with Gasteiger partial charge in [0.25, 0.3) is 0 Å².